The van der Waals surface area contributed by atoms with Gasteiger partial charge in [0.25, 0.3) is 0 Å². The van der Waals surface area contributed by atoms with E-state index < -0.39 is 6.04 Å². The van der Waals surface area contributed by atoms with Gasteiger partial charge in [0.05, 0.1) is 22.5 Å². The summed E-state index contributed by atoms with van der Waals surface area (Å²) in [7, 11) is 0. The molecule has 0 aliphatic heterocycles. The molecule has 0 saturated carbocycles. The highest BCUT2D eigenvalue weighted by Gasteiger charge is 2.17. The molecular formula is C17H16Cl2N2O2. The van der Waals surface area contributed by atoms with Crippen LogP contribution in [0.5, 0.6) is 0 Å². The SMILES string of the molecule is CC(=O)N[C@H](CC(=O)Nc1ccc(Cl)c(Cl)c1)c1ccccc1. The monoisotopic (exact) mass is 350 g/mol. The Morgan fingerprint density at radius 2 is 1.74 bits per heavy atom. The zero-order chi connectivity index (χ0) is 16.8. The van der Waals surface area contributed by atoms with Gasteiger partial charge in [-0.15, -0.1) is 0 Å². The van der Waals surface area contributed by atoms with E-state index in [1.54, 1.807) is 18.2 Å². The van der Waals surface area contributed by atoms with Gasteiger partial charge in [-0.3, -0.25) is 9.59 Å². The zero-order valence-corrected chi connectivity index (χ0v) is 14.0. The Balaban J connectivity index is 2.08. The Hall–Kier alpha value is -2.04. The molecule has 2 N–H and O–H groups in total. The van der Waals surface area contributed by atoms with Crippen LogP contribution in [-0.2, 0) is 9.59 Å². The number of rotatable bonds is 5. The predicted octanol–water partition coefficient (Wildman–Crippen LogP) is 4.20. The lowest BCUT2D eigenvalue weighted by Gasteiger charge is -2.18. The lowest BCUT2D eigenvalue weighted by atomic mass is 10.0. The Morgan fingerprint density at radius 1 is 1.04 bits per heavy atom. The van der Waals surface area contributed by atoms with E-state index in [1.165, 1.54) is 6.92 Å². The van der Waals surface area contributed by atoms with Crippen LogP contribution >= 0.6 is 23.2 Å². The summed E-state index contributed by atoms with van der Waals surface area (Å²) in [6.45, 7) is 1.42. The van der Waals surface area contributed by atoms with Crippen molar-refractivity contribution in [3.63, 3.8) is 0 Å². The van der Waals surface area contributed by atoms with Crippen molar-refractivity contribution < 1.29 is 9.59 Å². The van der Waals surface area contributed by atoms with E-state index in [-0.39, 0.29) is 18.2 Å². The molecular weight excluding hydrogens is 335 g/mol. The molecule has 2 aromatic rings. The first-order valence-corrected chi connectivity index (χ1v) is 7.78. The van der Waals surface area contributed by atoms with Gasteiger partial charge < -0.3 is 10.6 Å². The van der Waals surface area contributed by atoms with E-state index >= 15 is 0 Å². The average molecular weight is 351 g/mol. The van der Waals surface area contributed by atoms with E-state index in [9.17, 15) is 9.59 Å². The van der Waals surface area contributed by atoms with Crippen LogP contribution in [0.4, 0.5) is 5.69 Å². The van der Waals surface area contributed by atoms with Gasteiger partial charge >= 0.3 is 0 Å². The highest BCUT2D eigenvalue weighted by atomic mass is 35.5. The first-order chi connectivity index (χ1) is 11.0. The van der Waals surface area contributed by atoms with Crippen LogP contribution in [0.15, 0.2) is 48.5 Å². The van der Waals surface area contributed by atoms with Crippen molar-refractivity contribution in [2.45, 2.75) is 19.4 Å². The molecule has 0 heterocycles. The molecule has 0 saturated heterocycles. The van der Waals surface area contributed by atoms with E-state index in [1.807, 2.05) is 30.3 Å². The number of carbonyl (C=O) groups is 2. The molecule has 120 valence electrons. The van der Waals surface area contributed by atoms with Crippen molar-refractivity contribution >= 4 is 40.7 Å². The van der Waals surface area contributed by atoms with Crippen molar-refractivity contribution in [2.24, 2.45) is 0 Å². The molecule has 0 aliphatic rings. The second-order valence-corrected chi connectivity index (χ2v) is 5.86. The lowest BCUT2D eigenvalue weighted by Crippen LogP contribution is -2.29. The normalized spacial score (nSPS) is 11.6. The van der Waals surface area contributed by atoms with E-state index in [0.717, 1.165) is 5.56 Å². The molecule has 0 bridgehead atoms. The number of anilines is 1. The van der Waals surface area contributed by atoms with E-state index in [4.69, 9.17) is 23.2 Å². The Bertz CT molecular complexity index is 705. The number of hydrogen-bond donors (Lipinski definition) is 2. The zero-order valence-electron chi connectivity index (χ0n) is 12.5. The maximum absolute atomic E-state index is 12.2. The maximum atomic E-state index is 12.2. The van der Waals surface area contributed by atoms with Crippen LogP contribution in [0.3, 0.4) is 0 Å². The quantitative estimate of drug-likeness (QED) is 0.848. The Labute approximate surface area is 144 Å². The minimum absolute atomic E-state index is 0.115. The van der Waals surface area contributed by atoms with Crippen molar-refractivity contribution in [1.29, 1.82) is 0 Å². The van der Waals surface area contributed by atoms with Crippen LogP contribution in [0.25, 0.3) is 0 Å². The number of nitrogens with one attached hydrogen (secondary N) is 2. The lowest BCUT2D eigenvalue weighted by molar-refractivity contribution is -0.120. The van der Waals surface area contributed by atoms with Gasteiger partial charge in [-0.25, -0.2) is 0 Å². The summed E-state index contributed by atoms with van der Waals surface area (Å²) in [5, 5.41) is 6.32. The third-order valence-electron chi connectivity index (χ3n) is 3.17. The van der Waals surface area contributed by atoms with Gasteiger partial charge in [-0.1, -0.05) is 53.5 Å². The molecule has 1 atom stereocenters. The molecule has 0 spiro atoms. The van der Waals surface area contributed by atoms with Crippen molar-refractivity contribution in [3.8, 4) is 0 Å². The summed E-state index contributed by atoms with van der Waals surface area (Å²) < 4.78 is 0. The van der Waals surface area contributed by atoms with Crippen LogP contribution in [-0.4, -0.2) is 11.8 Å². The Morgan fingerprint density at radius 3 is 2.35 bits per heavy atom. The minimum atomic E-state index is -0.392. The topological polar surface area (TPSA) is 58.2 Å². The molecule has 2 rings (SSSR count). The van der Waals surface area contributed by atoms with E-state index in [0.29, 0.717) is 15.7 Å². The summed E-state index contributed by atoms with van der Waals surface area (Å²) >= 11 is 11.8. The Kier molecular flexibility index (Phi) is 6.02. The van der Waals surface area contributed by atoms with Crippen molar-refractivity contribution in [3.05, 3.63) is 64.1 Å². The third kappa shape index (κ3) is 5.27. The summed E-state index contributed by atoms with van der Waals surface area (Å²) in [4.78, 5) is 23.6. The highest BCUT2D eigenvalue weighted by molar-refractivity contribution is 6.42. The van der Waals surface area contributed by atoms with E-state index in [2.05, 4.69) is 10.6 Å². The van der Waals surface area contributed by atoms with Gasteiger partial charge in [0.2, 0.25) is 11.8 Å². The smallest absolute Gasteiger partial charge is 0.226 e. The molecule has 0 radical (unpaired) electrons. The first kappa shape index (κ1) is 17.3. The fourth-order valence-corrected chi connectivity index (χ4v) is 2.45. The van der Waals surface area contributed by atoms with Crippen LogP contribution < -0.4 is 10.6 Å². The van der Waals surface area contributed by atoms with Gasteiger partial charge in [-0.2, -0.15) is 0 Å². The van der Waals surface area contributed by atoms with Crippen LogP contribution in [0, 0.1) is 0 Å². The van der Waals surface area contributed by atoms with Crippen molar-refractivity contribution in [2.75, 3.05) is 5.32 Å². The largest absolute Gasteiger partial charge is 0.349 e. The summed E-state index contributed by atoms with van der Waals surface area (Å²) in [6, 6.07) is 13.8. The standard InChI is InChI=1S/C17H16Cl2N2O2/c1-11(22)20-16(12-5-3-2-4-6-12)10-17(23)21-13-7-8-14(18)15(19)9-13/h2-9,16H,10H2,1H3,(H,20,22)(H,21,23)/t16-/m1/s1. The van der Waals surface area contributed by atoms with Gasteiger partial charge in [-0.05, 0) is 23.8 Å². The summed E-state index contributed by atoms with van der Waals surface area (Å²) in [6.07, 6.45) is 0.115. The molecule has 0 aromatic heterocycles. The van der Waals surface area contributed by atoms with Crippen LogP contribution in [0.2, 0.25) is 10.0 Å². The number of hydrogen-bond acceptors (Lipinski definition) is 2. The number of benzene rings is 2. The fraction of sp³-hybridized carbons (Fsp3) is 0.176. The molecule has 2 amide bonds. The molecule has 0 fully saturated rings. The van der Waals surface area contributed by atoms with Crippen LogP contribution in [0.1, 0.15) is 24.9 Å². The highest BCUT2D eigenvalue weighted by Crippen LogP contribution is 2.25. The molecule has 2 aromatic carbocycles. The molecule has 23 heavy (non-hydrogen) atoms. The van der Waals surface area contributed by atoms with Gasteiger partial charge in [0.1, 0.15) is 0 Å². The molecule has 0 aliphatic carbocycles. The second kappa shape index (κ2) is 7.99. The minimum Gasteiger partial charge on any atom is -0.349 e. The van der Waals surface area contributed by atoms with Gasteiger partial charge in [0, 0.05) is 12.6 Å². The molecule has 6 heteroatoms. The average Bonchev–Trinajstić information content (AvgIpc) is 2.51. The van der Waals surface area contributed by atoms with Gasteiger partial charge in [0.15, 0.2) is 0 Å². The molecule has 0 unspecified atom stereocenters. The van der Waals surface area contributed by atoms with Crippen molar-refractivity contribution in [1.82, 2.24) is 5.32 Å². The number of halogens is 2. The summed E-state index contributed by atoms with van der Waals surface area (Å²) in [5.74, 6) is -0.424. The fourth-order valence-electron chi connectivity index (χ4n) is 2.15. The third-order valence-corrected chi connectivity index (χ3v) is 3.91. The maximum Gasteiger partial charge on any atom is 0.226 e. The second-order valence-electron chi connectivity index (χ2n) is 5.04. The number of carbonyl (C=O) groups excluding carboxylic acids is 2. The number of amides is 2. The first-order valence-electron chi connectivity index (χ1n) is 7.02. The summed E-state index contributed by atoms with van der Waals surface area (Å²) in [5.41, 5.74) is 1.42. The molecule has 4 nitrogen and oxygen atoms in total. The predicted molar refractivity (Wildman–Crippen MR) is 92.7 cm³/mol.